The normalized spacial score (nSPS) is 16.8. The van der Waals surface area contributed by atoms with E-state index in [0.29, 0.717) is 6.61 Å². The van der Waals surface area contributed by atoms with Crippen LogP contribution in [0, 0.1) is 5.92 Å². The molecular formula is C13H20O3. The Bertz CT molecular complexity index is 286. The van der Waals surface area contributed by atoms with Crippen LogP contribution in [0.3, 0.4) is 0 Å². The molecule has 0 saturated heterocycles. The van der Waals surface area contributed by atoms with Gasteiger partial charge in [0.2, 0.25) is 0 Å². The molecule has 1 aromatic carbocycles. The average molecular weight is 224 g/mol. The van der Waals surface area contributed by atoms with Crippen molar-refractivity contribution in [3.63, 3.8) is 0 Å². The maximum absolute atomic E-state index is 9.97. The minimum absolute atomic E-state index is 0.00940. The molecule has 0 spiro atoms. The van der Waals surface area contributed by atoms with Gasteiger partial charge in [-0.05, 0) is 17.9 Å². The van der Waals surface area contributed by atoms with Crippen LogP contribution in [0.2, 0.25) is 0 Å². The zero-order valence-electron chi connectivity index (χ0n) is 9.84. The van der Waals surface area contributed by atoms with E-state index in [1.165, 1.54) is 0 Å². The van der Waals surface area contributed by atoms with Crippen molar-refractivity contribution in [3.05, 3.63) is 35.9 Å². The molecule has 3 heteroatoms. The molecule has 3 nitrogen and oxygen atoms in total. The second-order valence-corrected chi connectivity index (χ2v) is 4.10. The van der Waals surface area contributed by atoms with E-state index in [1.54, 1.807) is 7.11 Å². The summed E-state index contributed by atoms with van der Waals surface area (Å²) >= 11 is 0. The van der Waals surface area contributed by atoms with Gasteiger partial charge in [-0.2, -0.15) is 0 Å². The number of rotatable bonds is 6. The van der Waals surface area contributed by atoms with Gasteiger partial charge in [-0.25, -0.2) is 0 Å². The van der Waals surface area contributed by atoms with Gasteiger partial charge in [0.15, 0.2) is 0 Å². The minimum atomic E-state index is -0.826. The number of ether oxygens (including phenoxy) is 1. The molecule has 0 aromatic heterocycles. The van der Waals surface area contributed by atoms with Crippen LogP contribution in [-0.4, -0.2) is 30.0 Å². The molecule has 3 atom stereocenters. The van der Waals surface area contributed by atoms with Crippen LogP contribution in [-0.2, 0) is 4.74 Å². The van der Waals surface area contributed by atoms with Gasteiger partial charge in [0.25, 0.3) is 0 Å². The Labute approximate surface area is 96.7 Å². The number of aliphatic hydroxyl groups is 2. The van der Waals surface area contributed by atoms with Crippen molar-refractivity contribution in [1.29, 1.82) is 0 Å². The molecule has 0 aliphatic rings. The van der Waals surface area contributed by atoms with Crippen LogP contribution in [0.4, 0.5) is 0 Å². The number of aliphatic hydroxyl groups excluding tert-OH is 2. The van der Waals surface area contributed by atoms with Crippen LogP contribution in [0.5, 0.6) is 0 Å². The molecule has 1 rings (SSSR count). The predicted molar refractivity (Wildman–Crippen MR) is 63.1 cm³/mol. The Morgan fingerprint density at radius 3 is 2.38 bits per heavy atom. The van der Waals surface area contributed by atoms with Gasteiger partial charge in [-0.15, -0.1) is 0 Å². The van der Waals surface area contributed by atoms with Gasteiger partial charge in [-0.3, -0.25) is 0 Å². The molecule has 0 radical (unpaired) electrons. The highest BCUT2D eigenvalue weighted by atomic mass is 16.5. The Balaban J connectivity index is 2.56. The Morgan fingerprint density at radius 2 is 1.81 bits per heavy atom. The fraction of sp³-hybridized carbons (Fsp3) is 0.538. The molecule has 16 heavy (non-hydrogen) atoms. The number of hydrogen-bond acceptors (Lipinski definition) is 3. The molecule has 0 fully saturated rings. The zero-order valence-corrected chi connectivity index (χ0v) is 9.84. The highest BCUT2D eigenvalue weighted by Crippen LogP contribution is 2.23. The first-order valence-electron chi connectivity index (χ1n) is 5.56. The smallest absolute Gasteiger partial charge is 0.105 e. The van der Waals surface area contributed by atoms with Crippen LogP contribution in [0.25, 0.3) is 0 Å². The summed E-state index contributed by atoms with van der Waals surface area (Å²) in [6.45, 7) is 2.51. The summed E-state index contributed by atoms with van der Waals surface area (Å²) in [6, 6.07) is 9.22. The number of methoxy groups -OCH3 is 1. The zero-order chi connectivity index (χ0) is 12.0. The first-order chi connectivity index (χ1) is 7.66. The third-order valence-corrected chi connectivity index (χ3v) is 2.82. The third kappa shape index (κ3) is 3.59. The Kier molecular flexibility index (Phi) is 5.46. The highest BCUT2D eigenvalue weighted by Gasteiger charge is 2.23. The molecule has 0 bridgehead atoms. The van der Waals surface area contributed by atoms with E-state index in [0.717, 1.165) is 12.0 Å². The average Bonchev–Trinajstić information content (AvgIpc) is 2.35. The summed E-state index contributed by atoms with van der Waals surface area (Å²) < 4.78 is 4.96. The van der Waals surface area contributed by atoms with E-state index in [-0.39, 0.29) is 5.92 Å². The number of hydrogen-bond donors (Lipinski definition) is 2. The second kappa shape index (κ2) is 6.63. The monoisotopic (exact) mass is 224 g/mol. The predicted octanol–water partition coefficient (Wildman–Crippen LogP) is 1.75. The Hall–Kier alpha value is -0.900. The molecule has 3 unspecified atom stereocenters. The van der Waals surface area contributed by atoms with Crippen molar-refractivity contribution in [3.8, 4) is 0 Å². The van der Waals surface area contributed by atoms with Gasteiger partial charge in [0, 0.05) is 13.7 Å². The van der Waals surface area contributed by atoms with Crippen LogP contribution in [0.1, 0.15) is 25.0 Å². The summed E-state index contributed by atoms with van der Waals surface area (Å²) in [7, 11) is 1.63. The maximum atomic E-state index is 9.97. The summed E-state index contributed by atoms with van der Waals surface area (Å²) in [5.41, 5.74) is 0.749. The first kappa shape index (κ1) is 13.2. The van der Waals surface area contributed by atoms with Crippen molar-refractivity contribution in [2.75, 3.05) is 13.7 Å². The van der Waals surface area contributed by atoms with Crippen molar-refractivity contribution in [2.45, 2.75) is 25.6 Å². The lowest BCUT2D eigenvalue weighted by atomic mass is 9.93. The van der Waals surface area contributed by atoms with E-state index in [1.807, 2.05) is 37.3 Å². The van der Waals surface area contributed by atoms with Gasteiger partial charge < -0.3 is 14.9 Å². The van der Waals surface area contributed by atoms with E-state index in [2.05, 4.69) is 0 Å². The van der Waals surface area contributed by atoms with E-state index < -0.39 is 12.2 Å². The molecule has 0 heterocycles. The third-order valence-electron chi connectivity index (χ3n) is 2.82. The molecule has 90 valence electrons. The molecule has 0 aliphatic heterocycles. The van der Waals surface area contributed by atoms with Crippen LogP contribution in [0.15, 0.2) is 30.3 Å². The maximum Gasteiger partial charge on any atom is 0.105 e. The van der Waals surface area contributed by atoms with E-state index in [9.17, 15) is 10.2 Å². The van der Waals surface area contributed by atoms with Gasteiger partial charge >= 0.3 is 0 Å². The van der Waals surface area contributed by atoms with Gasteiger partial charge in [0.1, 0.15) is 6.10 Å². The minimum Gasteiger partial charge on any atom is -0.390 e. The van der Waals surface area contributed by atoms with Gasteiger partial charge in [0.05, 0.1) is 6.10 Å². The molecule has 1 aromatic rings. The summed E-state index contributed by atoms with van der Waals surface area (Å²) in [4.78, 5) is 0. The Morgan fingerprint density at radius 1 is 1.19 bits per heavy atom. The lowest BCUT2D eigenvalue weighted by Gasteiger charge is -2.24. The SMILES string of the molecule is COCCC(C)C(O)C(O)c1ccccc1. The number of benzene rings is 1. The topological polar surface area (TPSA) is 49.7 Å². The molecular weight excluding hydrogens is 204 g/mol. The molecule has 0 aliphatic carbocycles. The van der Waals surface area contributed by atoms with Crippen molar-refractivity contribution in [1.82, 2.24) is 0 Å². The first-order valence-corrected chi connectivity index (χ1v) is 5.56. The largest absolute Gasteiger partial charge is 0.390 e. The fourth-order valence-electron chi connectivity index (χ4n) is 1.63. The molecule has 2 N–H and O–H groups in total. The van der Waals surface area contributed by atoms with Crippen molar-refractivity contribution < 1.29 is 14.9 Å². The van der Waals surface area contributed by atoms with E-state index >= 15 is 0 Å². The standard InChI is InChI=1S/C13H20O3/c1-10(8-9-16-2)12(14)13(15)11-6-4-3-5-7-11/h3-7,10,12-15H,8-9H2,1-2H3. The summed E-state index contributed by atoms with van der Waals surface area (Å²) in [5.74, 6) is 0.00940. The quantitative estimate of drug-likeness (QED) is 0.774. The van der Waals surface area contributed by atoms with Crippen molar-refractivity contribution in [2.24, 2.45) is 5.92 Å². The van der Waals surface area contributed by atoms with Gasteiger partial charge in [-0.1, -0.05) is 37.3 Å². The molecule has 0 saturated carbocycles. The fourth-order valence-corrected chi connectivity index (χ4v) is 1.63. The lowest BCUT2D eigenvalue weighted by molar-refractivity contribution is -0.0212. The van der Waals surface area contributed by atoms with Crippen LogP contribution < -0.4 is 0 Å². The second-order valence-electron chi connectivity index (χ2n) is 4.10. The van der Waals surface area contributed by atoms with E-state index in [4.69, 9.17) is 4.74 Å². The highest BCUT2D eigenvalue weighted by molar-refractivity contribution is 5.18. The van der Waals surface area contributed by atoms with Crippen molar-refractivity contribution >= 4 is 0 Å². The summed E-state index contributed by atoms with van der Waals surface area (Å²) in [6.07, 6.45) is -0.840. The summed E-state index contributed by atoms with van der Waals surface area (Å²) in [5, 5.41) is 19.9. The lowest BCUT2D eigenvalue weighted by Crippen LogP contribution is -2.26. The molecule has 0 amide bonds. The van der Waals surface area contributed by atoms with Crippen LogP contribution >= 0.6 is 0 Å².